The van der Waals surface area contributed by atoms with Crippen molar-refractivity contribution in [3.63, 3.8) is 0 Å². The van der Waals surface area contributed by atoms with Gasteiger partial charge in [0.15, 0.2) is 0 Å². The van der Waals surface area contributed by atoms with E-state index in [4.69, 9.17) is 0 Å². The van der Waals surface area contributed by atoms with Gasteiger partial charge < -0.3 is 0 Å². The molecule has 0 N–H and O–H groups in total. The summed E-state index contributed by atoms with van der Waals surface area (Å²) in [4.78, 5) is 0. The minimum absolute atomic E-state index is 0.492. The van der Waals surface area contributed by atoms with Crippen molar-refractivity contribution in [2.75, 3.05) is 0 Å². The molecule has 0 bridgehead atoms. The third kappa shape index (κ3) is 2.47. The molecule has 0 heteroatoms. The number of aryl methyl sites for hydroxylation is 1. The highest BCUT2D eigenvalue weighted by atomic mass is 14.1. The summed E-state index contributed by atoms with van der Waals surface area (Å²) in [5.41, 5.74) is 4.10. The van der Waals surface area contributed by atoms with E-state index in [2.05, 4.69) is 51.6 Å². The van der Waals surface area contributed by atoms with Gasteiger partial charge in [0.25, 0.3) is 0 Å². The fraction of sp³-hybridized carbons (Fsp3) is 0.429. The Morgan fingerprint density at radius 1 is 1.21 bits per heavy atom. The molecule has 0 saturated heterocycles. The minimum atomic E-state index is 0.492. The van der Waals surface area contributed by atoms with Gasteiger partial charge in [-0.1, -0.05) is 57.2 Å². The predicted octanol–water partition coefficient (Wildman–Crippen LogP) is 4.32. The molecule has 0 radical (unpaired) electrons. The van der Waals surface area contributed by atoms with Crippen molar-refractivity contribution in [1.82, 2.24) is 0 Å². The van der Waals surface area contributed by atoms with E-state index in [-0.39, 0.29) is 0 Å². The standard InChI is InChI=1S/C14H20/c1-5-11(3)12(4)14-9-7-13(6-2)8-10-14/h7-10,12H,3,5-6H2,1-2,4H3. The van der Waals surface area contributed by atoms with Gasteiger partial charge in [-0.05, 0) is 24.0 Å². The Hall–Kier alpha value is -1.04. The van der Waals surface area contributed by atoms with Crippen LogP contribution in [0.4, 0.5) is 0 Å². The van der Waals surface area contributed by atoms with Gasteiger partial charge >= 0.3 is 0 Å². The Balaban J connectivity index is 2.81. The molecule has 1 rings (SSSR count). The summed E-state index contributed by atoms with van der Waals surface area (Å²) in [6, 6.07) is 8.89. The van der Waals surface area contributed by atoms with E-state index < -0.39 is 0 Å². The van der Waals surface area contributed by atoms with Gasteiger partial charge in [0.2, 0.25) is 0 Å². The highest BCUT2D eigenvalue weighted by Gasteiger charge is 2.06. The monoisotopic (exact) mass is 188 g/mol. The molecule has 1 unspecified atom stereocenters. The average molecular weight is 188 g/mol. The Labute approximate surface area is 87.7 Å². The van der Waals surface area contributed by atoms with Gasteiger partial charge in [-0.3, -0.25) is 0 Å². The molecule has 0 nitrogen and oxygen atoms in total. The highest BCUT2D eigenvalue weighted by molar-refractivity contribution is 5.29. The van der Waals surface area contributed by atoms with Crippen LogP contribution in [0.15, 0.2) is 36.4 Å². The van der Waals surface area contributed by atoms with Crippen LogP contribution in [-0.2, 0) is 6.42 Å². The van der Waals surface area contributed by atoms with Gasteiger partial charge in [-0.15, -0.1) is 0 Å². The van der Waals surface area contributed by atoms with Crippen LogP contribution in [0.3, 0.4) is 0 Å². The third-order valence-corrected chi connectivity index (χ3v) is 2.95. The summed E-state index contributed by atoms with van der Waals surface area (Å²) in [5.74, 6) is 0.492. The highest BCUT2D eigenvalue weighted by Crippen LogP contribution is 2.24. The largest absolute Gasteiger partial charge is 0.0993 e. The lowest BCUT2D eigenvalue weighted by atomic mass is 9.92. The maximum atomic E-state index is 4.09. The second-order valence-electron chi connectivity index (χ2n) is 3.83. The van der Waals surface area contributed by atoms with E-state index in [0.717, 1.165) is 12.8 Å². The maximum Gasteiger partial charge on any atom is 0.00170 e. The van der Waals surface area contributed by atoms with Crippen LogP contribution in [0.2, 0.25) is 0 Å². The third-order valence-electron chi connectivity index (χ3n) is 2.95. The van der Waals surface area contributed by atoms with Crippen LogP contribution in [0.1, 0.15) is 44.2 Å². The van der Waals surface area contributed by atoms with Gasteiger partial charge in [-0.25, -0.2) is 0 Å². The molecule has 0 spiro atoms. The fourth-order valence-electron chi connectivity index (χ4n) is 1.58. The quantitative estimate of drug-likeness (QED) is 0.617. The molecule has 14 heavy (non-hydrogen) atoms. The zero-order valence-electron chi connectivity index (χ0n) is 9.51. The summed E-state index contributed by atoms with van der Waals surface area (Å²) in [7, 11) is 0. The minimum Gasteiger partial charge on any atom is -0.0993 e. The maximum absolute atomic E-state index is 4.09. The number of allylic oxidation sites excluding steroid dienone is 1. The van der Waals surface area contributed by atoms with E-state index >= 15 is 0 Å². The molecule has 0 amide bonds. The Kier molecular flexibility index (Phi) is 3.94. The zero-order valence-corrected chi connectivity index (χ0v) is 9.51. The Bertz CT molecular complexity index is 292. The number of benzene rings is 1. The molecule has 1 aromatic carbocycles. The van der Waals surface area contributed by atoms with Crippen molar-refractivity contribution in [2.24, 2.45) is 0 Å². The number of hydrogen-bond acceptors (Lipinski definition) is 0. The first-order chi connectivity index (χ1) is 6.69. The number of hydrogen-bond donors (Lipinski definition) is 0. The number of rotatable bonds is 4. The smallest absolute Gasteiger partial charge is 0.00170 e. The molecule has 0 heterocycles. The van der Waals surface area contributed by atoms with Crippen molar-refractivity contribution < 1.29 is 0 Å². The molecule has 0 aromatic heterocycles. The Morgan fingerprint density at radius 3 is 2.21 bits per heavy atom. The van der Waals surface area contributed by atoms with Crippen LogP contribution in [0, 0.1) is 0 Å². The lowest BCUT2D eigenvalue weighted by Crippen LogP contribution is -1.96. The summed E-state index contributed by atoms with van der Waals surface area (Å²) >= 11 is 0. The van der Waals surface area contributed by atoms with Gasteiger partial charge in [-0.2, -0.15) is 0 Å². The lowest BCUT2D eigenvalue weighted by molar-refractivity contribution is 0.842. The summed E-state index contributed by atoms with van der Waals surface area (Å²) < 4.78 is 0. The van der Waals surface area contributed by atoms with E-state index in [1.807, 2.05) is 0 Å². The molecule has 0 saturated carbocycles. The summed E-state index contributed by atoms with van der Waals surface area (Å²) in [6.45, 7) is 10.7. The van der Waals surface area contributed by atoms with Crippen LogP contribution in [-0.4, -0.2) is 0 Å². The second-order valence-corrected chi connectivity index (χ2v) is 3.83. The van der Waals surface area contributed by atoms with Crippen molar-refractivity contribution in [1.29, 1.82) is 0 Å². The molecule has 0 aliphatic rings. The molecule has 1 atom stereocenters. The predicted molar refractivity (Wildman–Crippen MR) is 63.7 cm³/mol. The Morgan fingerprint density at radius 2 is 1.79 bits per heavy atom. The molecule has 76 valence electrons. The normalized spacial score (nSPS) is 12.5. The first-order valence-electron chi connectivity index (χ1n) is 5.45. The molecule has 1 aromatic rings. The lowest BCUT2D eigenvalue weighted by Gasteiger charge is -2.13. The van der Waals surface area contributed by atoms with E-state index in [9.17, 15) is 0 Å². The SMILES string of the molecule is C=C(CC)C(C)c1ccc(CC)cc1. The van der Waals surface area contributed by atoms with Crippen molar-refractivity contribution >= 4 is 0 Å². The molecule has 0 aliphatic heterocycles. The van der Waals surface area contributed by atoms with Gasteiger partial charge in [0.05, 0.1) is 0 Å². The zero-order chi connectivity index (χ0) is 10.6. The molecular weight excluding hydrogens is 168 g/mol. The second kappa shape index (κ2) is 4.99. The fourth-order valence-corrected chi connectivity index (χ4v) is 1.58. The summed E-state index contributed by atoms with van der Waals surface area (Å²) in [6.07, 6.45) is 2.18. The van der Waals surface area contributed by atoms with Crippen LogP contribution in [0.5, 0.6) is 0 Å². The first kappa shape index (κ1) is 11.0. The van der Waals surface area contributed by atoms with E-state index in [1.165, 1.54) is 16.7 Å². The molecular formula is C14H20. The van der Waals surface area contributed by atoms with Gasteiger partial charge in [0.1, 0.15) is 0 Å². The van der Waals surface area contributed by atoms with Crippen LogP contribution in [0.25, 0.3) is 0 Å². The van der Waals surface area contributed by atoms with E-state index in [0.29, 0.717) is 5.92 Å². The average Bonchev–Trinajstić information content (AvgIpc) is 2.27. The van der Waals surface area contributed by atoms with E-state index in [1.54, 1.807) is 0 Å². The molecule has 0 fully saturated rings. The topological polar surface area (TPSA) is 0 Å². The molecule has 0 aliphatic carbocycles. The van der Waals surface area contributed by atoms with Gasteiger partial charge in [0, 0.05) is 5.92 Å². The first-order valence-corrected chi connectivity index (χ1v) is 5.45. The van der Waals surface area contributed by atoms with Crippen molar-refractivity contribution in [3.8, 4) is 0 Å². The summed E-state index contributed by atoms with van der Waals surface area (Å²) in [5, 5.41) is 0. The van der Waals surface area contributed by atoms with Crippen LogP contribution >= 0.6 is 0 Å². The van der Waals surface area contributed by atoms with Crippen molar-refractivity contribution in [2.45, 2.75) is 39.5 Å². The van der Waals surface area contributed by atoms with Crippen molar-refractivity contribution in [3.05, 3.63) is 47.5 Å². The van der Waals surface area contributed by atoms with Crippen LogP contribution < -0.4 is 0 Å².